The number of amides is 2. The van der Waals surface area contributed by atoms with Crippen LogP contribution in [0.5, 0.6) is 11.5 Å². The molecule has 1 aromatic heterocycles. The average Bonchev–Trinajstić information content (AvgIpc) is 3.20. The number of aromatic nitrogens is 1. The van der Waals surface area contributed by atoms with Crippen molar-refractivity contribution in [2.45, 2.75) is 12.5 Å². The van der Waals surface area contributed by atoms with Crippen molar-refractivity contribution in [3.05, 3.63) is 23.6 Å². The van der Waals surface area contributed by atoms with Gasteiger partial charge in [0.15, 0.2) is 26.5 Å². The van der Waals surface area contributed by atoms with Crippen molar-refractivity contribution in [1.82, 2.24) is 10.3 Å². The lowest BCUT2D eigenvalue weighted by Gasteiger charge is -2.18. The minimum atomic E-state index is -3.03. The second-order valence-electron chi connectivity index (χ2n) is 6.09. The van der Waals surface area contributed by atoms with Crippen molar-refractivity contribution in [3.8, 4) is 22.8 Å². The van der Waals surface area contributed by atoms with Crippen molar-refractivity contribution in [2.24, 2.45) is 0 Å². The Morgan fingerprint density at radius 1 is 1.23 bits per heavy atom. The van der Waals surface area contributed by atoms with Crippen LogP contribution in [0, 0.1) is 0 Å². The number of thiazole rings is 1. The molecular weight excluding hydrogens is 378 g/mol. The summed E-state index contributed by atoms with van der Waals surface area (Å²) in [6.45, 7) is 1.05. The number of fused-ring (bicyclic) bond motifs is 1. The van der Waals surface area contributed by atoms with Gasteiger partial charge in [0.2, 0.25) is 0 Å². The van der Waals surface area contributed by atoms with E-state index in [1.807, 2.05) is 23.6 Å². The van der Waals surface area contributed by atoms with Gasteiger partial charge in [-0.1, -0.05) is 0 Å². The maximum atomic E-state index is 12.0. The first-order valence-corrected chi connectivity index (χ1v) is 10.8. The Bertz CT molecular complexity index is 941. The number of hydrogen-bond donors (Lipinski definition) is 2. The van der Waals surface area contributed by atoms with Crippen molar-refractivity contribution < 1.29 is 22.7 Å². The zero-order valence-electron chi connectivity index (χ0n) is 13.7. The third-order valence-corrected chi connectivity index (χ3v) is 6.66. The predicted molar refractivity (Wildman–Crippen MR) is 97.8 cm³/mol. The van der Waals surface area contributed by atoms with Gasteiger partial charge in [-0.2, -0.15) is 0 Å². The molecule has 1 atom stereocenters. The lowest BCUT2D eigenvalue weighted by Crippen LogP contribution is -2.38. The third-order valence-electron chi connectivity index (χ3n) is 4.13. The lowest BCUT2D eigenvalue weighted by molar-refractivity contribution is 0.171. The van der Waals surface area contributed by atoms with E-state index in [0.717, 1.165) is 5.56 Å². The summed E-state index contributed by atoms with van der Waals surface area (Å²) in [5.74, 6) is 1.49. The number of carbonyl (C=O) groups excluding carboxylic acids is 1. The van der Waals surface area contributed by atoms with Gasteiger partial charge >= 0.3 is 6.03 Å². The molecule has 0 aliphatic carbocycles. The van der Waals surface area contributed by atoms with E-state index in [2.05, 4.69) is 15.6 Å². The number of rotatable bonds is 3. The van der Waals surface area contributed by atoms with Gasteiger partial charge < -0.3 is 14.8 Å². The summed E-state index contributed by atoms with van der Waals surface area (Å²) in [4.78, 5) is 16.4. The van der Waals surface area contributed by atoms with Crippen LogP contribution in [0.15, 0.2) is 23.6 Å². The van der Waals surface area contributed by atoms with E-state index in [4.69, 9.17) is 9.47 Å². The van der Waals surface area contributed by atoms with Gasteiger partial charge in [-0.25, -0.2) is 18.2 Å². The predicted octanol–water partition coefficient (Wildman–Crippen LogP) is 1.89. The number of sulfone groups is 1. The van der Waals surface area contributed by atoms with Gasteiger partial charge in [0, 0.05) is 17.0 Å². The summed E-state index contributed by atoms with van der Waals surface area (Å²) in [6, 6.07) is 4.78. The van der Waals surface area contributed by atoms with E-state index in [1.165, 1.54) is 11.3 Å². The molecular formula is C16H17N3O5S2. The quantitative estimate of drug-likeness (QED) is 0.822. The van der Waals surface area contributed by atoms with Crippen LogP contribution in [0.1, 0.15) is 6.42 Å². The summed E-state index contributed by atoms with van der Waals surface area (Å²) in [7, 11) is -3.03. The fourth-order valence-electron chi connectivity index (χ4n) is 2.89. The Labute approximate surface area is 154 Å². The zero-order chi connectivity index (χ0) is 18.1. The van der Waals surface area contributed by atoms with Gasteiger partial charge in [0.25, 0.3) is 0 Å². The van der Waals surface area contributed by atoms with E-state index < -0.39 is 15.9 Å². The molecule has 2 N–H and O–H groups in total. The largest absolute Gasteiger partial charge is 0.486 e. The average molecular weight is 395 g/mol. The van der Waals surface area contributed by atoms with Crippen LogP contribution < -0.4 is 20.1 Å². The molecule has 2 aromatic rings. The molecule has 4 rings (SSSR count). The van der Waals surface area contributed by atoms with Crippen molar-refractivity contribution in [2.75, 3.05) is 30.0 Å². The second-order valence-corrected chi connectivity index (χ2v) is 9.18. The summed E-state index contributed by atoms with van der Waals surface area (Å²) in [6.07, 6.45) is 0.441. The first-order chi connectivity index (χ1) is 12.5. The number of urea groups is 1. The van der Waals surface area contributed by atoms with Crippen LogP contribution in [-0.2, 0) is 9.84 Å². The normalized spacial score (nSPS) is 20.5. The number of nitrogens with zero attached hydrogens (tertiary/aromatic N) is 1. The molecule has 2 aliphatic rings. The summed E-state index contributed by atoms with van der Waals surface area (Å²) in [5.41, 5.74) is 1.58. The van der Waals surface area contributed by atoms with Crippen molar-refractivity contribution in [1.29, 1.82) is 0 Å². The molecule has 0 unspecified atom stereocenters. The van der Waals surface area contributed by atoms with Gasteiger partial charge in [-0.3, -0.25) is 5.32 Å². The fraction of sp³-hybridized carbons (Fsp3) is 0.375. The second kappa shape index (κ2) is 6.76. The van der Waals surface area contributed by atoms with Crippen LogP contribution in [0.2, 0.25) is 0 Å². The van der Waals surface area contributed by atoms with Crippen LogP contribution in [0.3, 0.4) is 0 Å². The molecule has 138 valence electrons. The molecule has 2 amide bonds. The molecule has 0 saturated carbocycles. The Hall–Kier alpha value is -2.33. The highest BCUT2D eigenvalue weighted by atomic mass is 32.2. The third kappa shape index (κ3) is 3.75. The molecule has 8 nitrogen and oxygen atoms in total. The molecule has 0 bridgehead atoms. The Morgan fingerprint density at radius 2 is 2.04 bits per heavy atom. The number of benzene rings is 1. The molecule has 1 fully saturated rings. The van der Waals surface area contributed by atoms with E-state index in [0.29, 0.717) is 42.0 Å². The Balaban J connectivity index is 1.41. The van der Waals surface area contributed by atoms with Crippen LogP contribution in [0.4, 0.5) is 9.93 Å². The van der Waals surface area contributed by atoms with Gasteiger partial charge in [0.05, 0.1) is 17.2 Å². The summed E-state index contributed by atoms with van der Waals surface area (Å²) in [5, 5.41) is 7.60. The number of nitrogens with one attached hydrogen (secondary N) is 2. The molecule has 1 aromatic carbocycles. The molecule has 26 heavy (non-hydrogen) atoms. The topological polar surface area (TPSA) is 107 Å². The molecule has 0 radical (unpaired) electrons. The number of carbonyl (C=O) groups is 1. The SMILES string of the molecule is O=C(Nc1nc(-c2ccc3c(c2)OCCO3)cs1)N[C@H]1CCS(=O)(=O)C1. The minimum absolute atomic E-state index is 0.0132. The Morgan fingerprint density at radius 3 is 2.81 bits per heavy atom. The number of ether oxygens (including phenoxy) is 2. The van der Waals surface area contributed by atoms with Crippen LogP contribution in [-0.4, -0.2) is 50.2 Å². The maximum absolute atomic E-state index is 12.0. The van der Waals surface area contributed by atoms with E-state index in [9.17, 15) is 13.2 Å². The lowest BCUT2D eigenvalue weighted by atomic mass is 10.1. The molecule has 3 heterocycles. The van der Waals surface area contributed by atoms with E-state index in [-0.39, 0.29) is 17.5 Å². The number of hydrogen-bond acceptors (Lipinski definition) is 7. The van der Waals surface area contributed by atoms with Crippen molar-refractivity contribution >= 4 is 32.3 Å². The zero-order valence-corrected chi connectivity index (χ0v) is 15.4. The number of anilines is 1. The highest BCUT2D eigenvalue weighted by molar-refractivity contribution is 7.91. The standard InChI is InChI=1S/C16H17N3O5S2/c20-15(17-11-3-6-26(21,22)9-11)19-16-18-12(8-25-16)10-1-2-13-14(7-10)24-5-4-23-13/h1-2,7-8,11H,3-6,9H2,(H2,17,18,19,20)/t11-/m0/s1. The summed E-state index contributed by atoms with van der Waals surface area (Å²) >= 11 is 1.29. The first kappa shape index (κ1) is 17.1. The first-order valence-electron chi connectivity index (χ1n) is 8.12. The van der Waals surface area contributed by atoms with E-state index in [1.54, 1.807) is 0 Å². The molecule has 1 saturated heterocycles. The van der Waals surface area contributed by atoms with E-state index >= 15 is 0 Å². The molecule has 0 spiro atoms. The van der Waals surface area contributed by atoms with Gasteiger partial charge in [0.1, 0.15) is 13.2 Å². The Kier molecular flexibility index (Phi) is 4.45. The highest BCUT2D eigenvalue weighted by Gasteiger charge is 2.29. The fourth-order valence-corrected chi connectivity index (χ4v) is 5.28. The van der Waals surface area contributed by atoms with Gasteiger partial charge in [-0.15, -0.1) is 11.3 Å². The van der Waals surface area contributed by atoms with Crippen LogP contribution in [0.25, 0.3) is 11.3 Å². The molecule has 10 heteroatoms. The minimum Gasteiger partial charge on any atom is -0.486 e. The highest BCUT2D eigenvalue weighted by Crippen LogP contribution is 2.35. The van der Waals surface area contributed by atoms with Crippen molar-refractivity contribution in [3.63, 3.8) is 0 Å². The maximum Gasteiger partial charge on any atom is 0.321 e. The summed E-state index contributed by atoms with van der Waals surface area (Å²) < 4.78 is 34.0. The smallest absolute Gasteiger partial charge is 0.321 e. The monoisotopic (exact) mass is 395 g/mol. The van der Waals surface area contributed by atoms with Gasteiger partial charge in [-0.05, 0) is 24.6 Å². The van der Waals surface area contributed by atoms with Crippen LogP contribution >= 0.6 is 11.3 Å². The molecule has 2 aliphatic heterocycles.